The first-order valence-corrected chi connectivity index (χ1v) is 15.1. The summed E-state index contributed by atoms with van der Waals surface area (Å²) in [6.07, 6.45) is 7.15. The summed E-state index contributed by atoms with van der Waals surface area (Å²) in [7, 11) is 0. The van der Waals surface area contributed by atoms with Crippen molar-refractivity contribution in [1.29, 1.82) is 0 Å². The summed E-state index contributed by atoms with van der Waals surface area (Å²) in [5.41, 5.74) is -0.541. The van der Waals surface area contributed by atoms with Crippen LogP contribution in [0.2, 0.25) is 0 Å². The van der Waals surface area contributed by atoms with Gasteiger partial charge in [-0.15, -0.1) is 0 Å². The van der Waals surface area contributed by atoms with Gasteiger partial charge in [-0.25, -0.2) is 4.79 Å². The van der Waals surface area contributed by atoms with E-state index in [2.05, 4.69) is 12.2 Å². The van der Waals surface area contributed by atoms with Crippen molar-refractivity contribution in [2.24, 2.45) is 28.6 Å². The van der Waals surface area contributed by atoms with Crippen LogP contribution in [-0.2, 0) is 28.7 Å². The maximum Gasteiger partial charge on any atom is 0.330 e. The first-order valence-electron chi connectivity index (χ1n) is 15.1. The predicted molar refractivity (Wildman–Crippen MR) is 152 cm³/mol. The first-order chi connectivity index (χ1) is 19.9. The summed E-state index contributed by atoms with van der Waals surface area (Å²) in [5.74, 6) is -1.94. The van der Waals surface area contributed by atoms with Gasteiger partial charge >= 0.3 is 11.9 Å². The highest BCUT2D eigenvalue weighted by Crippen LogP contribution is 2.67. The van der Waals surface area contributed by atoms with E-state index < -0.39 is 47.3 Å². The van der Waals surface area contributed by atoms with Crippen molar-refractivity contribution < 1.29 is 38.9 Å². The number of allylic oxidation sites excluding steroid dienone is 1. The molecule has 3 saturated carbocycles. The number of esters is 1. The topological polar surface area (TPSA) is 147 Å². The number of hydrogen-bond acceptors (Lipinski definition) is 7. The van der Waals surface area contributed by atoms with Crippen molar-refractivity contribution in [2.75, 3.05) is 6.61 Å². The van der Waals surface area contributed by atoms with E-state index >= 15 is 0 Å². The predicted octanol–water partition coefficient (Wildman–Crippen LogP) is 4.08. The molecule has 4 aliphatic carbocycles. The van der Waals surface area contributed by atoms with Crippen molar-refractivity contribution in [1.82, 2.24) is 5.32 Å². The molecule has 42 heavy (non-hydrogen) atoms. The van der Waals surface area contributed by atoms with Crippen LogP contribution in [-0.4, -0.2) is 51.8 Å². The number of amides is 1. The van der Waals surface area contributed by atoms with Crippen molar-refractivity contribution >= 4 is 29.4 Å². The smallest absolute Gasteiger partial charge is 0.330 e. The van der Waals surface area contributed by atoms with Crippen molar-refractivity contribution in [3.05, 3.63) is 47.5 Å². The molecule has 9 heteroatoms. The van der Waals surface area contributed by atoms with Crippen molar-refractivity contribution in [3.8, 4) is 0 Å². The SMILES string of the molecule is C[C@]12CCC(=O)C=C1CC[C@H]1[C@H]2CC[C@@]2(C)[C@H]1CC[C@]2(O)C(=O)COC(=O)CCC(=O)N[C@@H](C(=O)O)c1ccccc1. The maximum atomic E-state index is 13.4. The van der Waals surface area contributed by atoms with Gasteiger partial charge in [0.2, 0.25) is 11.7 Å². The zero-order valence-corrected chi connectivity index (χ0v) is 24.4. The minimum Gasteiger partial charge on any atom is -0.479 e. The van der Waals surface area contributed by atoms with E-state index in [9.17, 15) is 34.2 Å². The Bertz CT molecular complexity index is 1310. The number of fused-ring (bicyclic) bond motifs is 5. The summed E-state index contributed by atoms with van der Waals surface area (Å²) in [5, 5.41) is 23.7. The van der Waals surface area contributed by atoms with E-state index in [4.69, 9.17) is 4.74 Å². The lowest BCUT2D eigenvalue weighted by atomic mass is 9.46. The van der Waals surface area contributed by atoms with Gasteiger partial charge in [-0.3, -0.25) is 19.2 Å². The molecule has 0 bridgehead atoms. The quantitative estimate of drug-likeness (QED) is 0.371. The molecule has 3 N–H and O–H groups in total. The van der Waals surface area contributed by atoms with Gasteiger partial charge in [0.05, 0.1) is 6.42 Å². The molecule has 0 aromatic heterocycles. The van der Waals surface area contributed by atoms with Gasteiger partial charge in [-0.2, -0.15) is 0 Å². The summed E-state index contributed by atoms with van der Waals surface area (Å²) < 4.78 is 5.21. The molecular formula is C33H41NO8. The van der Waals surface area contributed by atoms with E-state index in [1.165, 1.54) is 5.57 Å². The fourth-order valence-electron chi connectivity index (χ4n) is 8.75. The van der Waals surface area contributed by atoms with Crippen LogP contribution in [0, 0.1) is 28.6 Å². The average Bonchev–Trinajstić information content (AvgIpc) is 3.25. The number of benzene rings is 1. The van der Waals surface area contributed by atoms with E-state index in [-0.39, 0.29) is 30.0 Å². The van der Waals surface area contributed by atoms with E-state index in [1.807, 2.05) is 13.0 Å². The Labute approximate surface area is 246 Å². The van der Waals surface area contributed by atoms with Crippen LogP contribution in [0.3, 0.4) is 0 Å². The van der Waals surface area contributed by atoms with Crippen LogP contribution in [0.25, 0.3) is 0 Å². The highest BCUT2D eigenvalue weighted by atomic mass is 16.5. The van der Waals surface area contributed by atoms with Crippen molar-refractivity contribution in [2.45, 2.75) is 89.7 Å². The van der Waals surface area contributed by atoms with Gasteiger partial charge in [0.1, 0.15) is 5.60 Å². The molecule has 3 fully saturated rings. The van der Waals surface area contributed by atoms with Crippen LogP contribution in [0.5, 0.6) is 0 Å². The largest absolute Gasteiger partial charge is 0.479 e. The third kappa shape index (κ3) is 5.21. The molecule has 1 aromatic carbocycles. The summed E-state index contributed by atoms with van der Waals surface area (Å²) in [6, 6.07) is 7.00. The summed E-state index contributed by atoms with van der Waals surface area (Å²) >= 11 is 0. The Morgan fingerprint density at radius 2 is 1.69 bits per heavy atom. The van der Waals surface area contributed by atoms with Gasteiger partial charge < -0.3 is 20.3 Å². The van der Waals surface area contributed by atoms with E-state index in [0.29, 0.717) is 36.7 Å². The zero-order chi connectivity index (χ0) is 30.3. The molecule has 226 valence electrons. The molecule has 5 rings (SSSR count). The molecule has 0 spiro atoms. The Kier molecular flexibility index (Phi) is 8.18. The molecular weight excluding hydrogens is 538 g/mol. The van der Waals surface area contributed by atoms with Crippen LogP contribution >= 0.6 is 0 Å². The minimum absolute atomic E-state index is 0.00370. The van der Waals surface area contributed by atoms with Crippen molar-refractivity contribution in [3.63, 3.8) is 0 Å². The Morgan fingerprint density at radius 1 is 0.976 bits per heavy atom. The number of nitrogens with one attached hydrogen (secondary N) is 1. The molecule has 0 heterocycles. The highest BCUT2D eigenvalue weighted by Gasteiger charge is 2.66. The molecule has 0 aliphatic heterocycles. The maximum absolute atomic E-state index is 13.4. The van der Waals surface area contributed by atoms with Crippen LogP contribution in [0.4, 0.5) is 0 Å². The third-order valence-electron chi connectivity index (χ3n) is 11.2. The monoisotopic (exact) mass is 579 g/mol. The Hall–Kier alpha value is -3.33. The molecule has 1 amide bonds. The fourth-order valence-corrected chi connectivity index (χ4v) is 8.75. The van der Waals surface area contributed by atoms with E-state index in [1.54, 1.807) is 30.3 Å². The van der Waals surface area contributed by atoms with Gasteiger partial charge in [0, 0.05) is 18.3 Å². The molecule has 0 radical (unpaired) electrons. The van der Waals surface area contributed by atoms with Crippen LogP contribution in [0.15, 0.2) is 42.0 Å². The summed E-state index contributed by atoms with van der Waals surface area (Å²) in [4.78, 5) is 61.9. The van der Waals surface area contributed by atoms with Crippen LogP contribution in [0.1, 0.15) is 89.7 Å². The number of carbonyl (C=O) groups is 5. The van der Waals surface area contributed by atoms with Gasteiger partial charge in [-0.1, -0.05) is 49.8 Å². The summed E-state index contributed by atoms with van der Waals surface area (Å²) in [6.45, 7) is 3.73. The molecule has 7 atom stereocenters. The molecule has 0 unspecified atom stereocenters. The first kappa shape index (κ1) is 30.1. The number of rotatable bonds is 9. The number of carboxylic acid groups (broad SMARTS) is 1. The van der Waals surface area contributed by atoms with E-state index in [0.717, 1.165) is 32.1 Å². The zero-order valence-electron chi connectivity index (χ0n) is 24.4. The number of carboxylic acids is 1. The lowest BCUT2D eigenvalue weighted by Crippen LogP contribution is -2.58. The number of ether oxygens (including phenoxy) is 1. The average molecular weight is 580 g/mol. The molecule has 0 saturated heterocycles. The second-order valence-electron chi connectivity index (χ2n) is 13.2. The number of aliphatic carboxylic acids is 1. The molecule has 4 aliphatic rings. The Balaban J connectivity index is 1.16. The standard InChI is InChI=1S/C33H41NO8/c1-31-15-12-22(35)18-21(31)8-9-23-24(31)13-16-32(2)25(23)14-17-33(32,41)26(36)19-42-28(38)11-10-27(37)34-29(30(39)40)20-6-4-3-5-7-20/h3-7,18,23-25,29,41H,8-17,19H2,1-2H3,(H,34,37)(H,39,40)/t23-,24+,25-,29+,31-,32-,33-/m0/s1. The second-order valence-corrected chi connectivity index (χ2v) is 13.2. The second kappa shape index (κ2) is 11.4. The third-order valence-corrected chi connectivity index (χ3v) is 11.2. The number of hydrogen-bond donors (Lipinski definition) is 3. The van der Waals surface area contributed by atoms with Gasteiger partial charge in [0.15, 0.2) is 18.4 Å². The van der Waals surface area contributed by atoms with Gasteiger partial charge in [0.25, 0.3) is 0 Å². The molecule has 1 aromatic rings. The minimum atomic E-state index is -1.59. The fraction of sp³-hybridized carbons (Fsp3) is 0.606. The number of Topliss-reactive ketones (excluding diaryl/α,β-unsaturated/α-hetero) is 1. The normalized spacial score (nSPS) is 34.2. The number of carbonyl (C=O) groups excluding carboxylic acids is 4. The number of ketones is 2. The number of aliphatic hydroxyl groups is 1. The lowest BCUT2D eigenvalue weighted by Gasteiger charge is -2.58. The Morgan fingerprint density at radius 3 is 2.40 bits per heavy atom. The lowest BCUT2D eigenvalue weighted by molar-refractivity contribution is -0.170. The highest BCUT2D eigenvalue weighted by molar-refractivity contribution is 5.92. The molecule has 9 nitrogen and oxygen atoms in total. The van der Waals surface area contributed by atoms with Gasteiger partial charge in [-0.05, 0) is 79.8 Å². The van der Waals surface area contributed by atoms with Crippen LogP contribution < -0.4 is 5.32 Å².